The summed E-state index contributed by atoms with van der Waals surface area (Å²) in [6.45, 7) is 5.51. The number of nitrogens with zero attached hydrogens (tertiary/aromatic N) is 6. The second-order valence-corrected chi connectivity index (χ2v) is 6.64. The van der Waals surface area contributed by atoms with Gasteiger partial charge in [-0.3, -0.25) is 4.90 Å². The number of hydrogen-bond donors (Lipinski definition) is 0. The number of fused-ring (bicyclic) bond motifs is 1. The smallest absolute Gasteiger partial charge is 0.225 e. The maximum absolute atomic E-state index is 6.17. The molecule has 0 bridgehead atoms. The molecule has 2 fully saturated rings. The molecule has 2 aliphatic rings. The van der Waals surface area contributed by atoms with Crippen LogP contribution in [-0.2, 0) is 18.3 Å². The first-order chi connectivity index (χ1) is 11.8. The zero-order chi connectivity index (χ0) is 16.4. The first kappa shape index (κ1) is 15.5. The van der Waals surface area contributed by atoms with Gasteiger partial charge in [0.1, 0.15) is 5.82 Å². The van der Waals surface area contributed by atoms with Crippen LogP contribution < -0.4 is 4.90 Å². The van der Waals surface area contributed by atoms with Gasteiger partial charge in [-0.05, 0) is 19.0 Å². The first-order valence-electron chi connectivity index (χ1n) is 8.62. The quantitative estimate of drug-likeness (QED) is 0.836. The molecule has 0 saturated carbocycles. The average Bonchev–Trinajstić information content (AvgIpc) is 2.90. The number of aryl methyl sites for hydroxylation is 1. The molecule has 0 radical (unpaired) electrons. The highest BCUT2D eigenvalue weighted by atomic mass is 16.5. The third-order valence-corrected chi connectivity index (χ3v) is 5.05. The van der Waals surface area contributed by atoms with Crippen molar-refractivity contribution in [1.29, 1.82) is 0 Å². The number of imidazole rings is 1. The Morgan fingerprint density at radius 2 is 2.00 bits per heavy atom. The molecule has 7 heteroatoms. The Balaban J connectivity index is 1.40. The monoisotopic (exact) mass is 328 g/mol. The lowest BCUT2D eigenvalue weighted by atomic mass is 9.93. The molecule has 2 aromatic heterocycles. The number of piperidine rings is 1. The fraction of sp³-hybridized carbons (Fsp3) is 0.588. The van der Waals surface area contributed by atoms with Crippen LogP contribution in [0.5, 0.6) is 0 Å². The number of anilines is 1. The van der Waals surface area contributed by atoms with Crippen molar-refractivity contribution in [3.63, 3.8) is 0 Å². The van der Waals surface area contributed by atoms with Gasteiger partial charge in [0.25, 0.3) is 0 Å². The Morgan fingerprint density at radius 3 is 2.79 bits per heavy atom. The minimum atomic E-state index is 0.285. The molecule has 4 rings (SSSR count). The summed E-state index contributed by atoms with van der Waals surface area (Å²) >= 11 is 0. The molecule has 7 nitrogen and oxygen atoms in total. The predicted molar refractivity (Wildman–Crippen MR) is 90.6 cm³/mol. The highest BCUT2D eigenvalue weighted by Gasteiger charge is 2.34. The molecular weight excluding hydrogens is 304 g/mol. The topological polar surface area (TPSA) is 59.3 Å². The van der Waals surface area contributed by atoms with Crippen molar-refractivity contribution in [3.8, 4) is 0 Å². The van der Waals surface area contributed by atoms with E-state index in [-0.39, 0.29) is 6.10 Å². The van der Waals surface area contributed by atoms with Crippen LogP contribution in [0.15, 0.2) is 30.9 Å². The zero-order valence-electron chi connectivity index (χ0n) is 14.1. The van der Waals surface area contributed by atoms with Gasteiger partial charge < -0.3 is 14.2 Å². The largest absolute Gasteiger partial charge is 0.375 e. The van der Waals surface area contributed by atoms with E-state index in [1.54, 1.807) is 12.4 Å². The molecule has 2 aliphatic heterocycles. The zero-order valence-corrected chi connectivity index (χ0v) is 14.1. The van der Waals surface area contributed by atoms with Crippen molar-refractivity contribution in [2.75, 3.05) is 37.7 Å². The molecule has 128 valence electrons. The molecular formula is C17H24N6O. The van der Waals surface area contributed by atoms with Gasteiger partial charge in [-0.15, -0.1) is 0 Å². The van der Waals surface area contributed by atoms with Crippen molar-refractivity contribution in [2.45, 2.75) is 19.1 Å². The van der Waals surface area contributed by atoms with E-state index in [2.05, 4.69) is 36.4 Å². The average molecular weight is 328 g/mol. The third kappa shape index (κ3) is 3.27. The van der Waals surface area contributed by atoms with Crippen molar-refractivity contribution in [2.24, 2.45) is 13.0 Å². The highest BCUT2D eigenvalue weighted by Crippen LogP contribution is 2.26. The van der Waals surface area contributed by atoms with Gasteiger partial charge in [-0.1, -0.05) is 0 Å². The highest BCUT2D eigenvalue weighted by molar-refractivity contribution is 5.29. The molecule has 2 aromatic rings. The van der Waals surface area contributed by atoms with Crippen LogP contribution in [0.3, 0.4) is 0 Å². The lowest BCUT2D eigenvalue weighted by Gasteiger charge is -2.37. The van der Waals surface area contributed by atoms with Crippen LogP contribution in [0.2, 0.25) is 0 Å². The summed E-state index contributed by atoms with van der Waals surface area (Å²) in [5.41, 5.74) is 0. The Morgan fingerprint density at radius 1 is 1.12 bits per heavy atom. The summed E-state index contributed by atoms with van der Waals surface area (Å²) < 4.78 is 8.26. The number of ether oxygens (including phenoxy) is 1. The predicted octanol–water partition coefficient (Wildman–Crippen LogP) is 0.937. The standard InChI is InChI=1S/C17H24N6O/c1-21-8-6-18-16(21)13-22-7-3-14-11-23(9-10-24-15(14)12-22)17-19-4-2-5-20-17/h2,4-6,8,14-15H,3,7,9-13H2,1H3/t14-,15+/m1/s1. The van der Waals surface area contributed by atoms with E-state index < -0.39 is 0 Å². The van der Waals surface area contributed by atoms with Gasteiger partial charge in [0.15, 0.2) is 0 Å². The third-order valence-electron chi connectivity index (χ3n) is 5.05. The van der Waals surface area contributed by atoms with Crippen LogP contribution in [0.1, 0.15) is 12.2 Å². The van der Waals surface area contributed by atoms with E-state index >= 15 is 0 Å². The van der Waals surface area contributed by atoms with Gasteiger partial charge in [0, 0.05) is 57.4 Å². The van der Waals surface area contributed by atoms with Crippen molar-refractivity contribution in [3.05, 3.63) is 36.7 Å². The van der Waals surface area contributed by atoms with E-state index in [4.69, 9.17) is 4.74 Å². The van der Waals surface area contributed by atoms with Gasteiger partial charge in [0.2, 0.25) is 5.95 Å². The molecule has 0 amide bonds. The minimum Gasteiger partial charge on any atom is -0.375 e. The number of hydrogen-bond acceptors (Lipinski definition) is 6. The number of rotatable bonds is 3. The summed E-state index contributed by atoms with van der Waals surface area (Å²) in [7, 11) is 2.05. The van der Waals surface area contributed by atoms with Crippen LogP contribution in [0.25, 0.3) is 0 Å². The molecule has 0 unspecified atom stereocenters. The number of aromatic nitrogens is 4. The molecule has 0 aromatic carbocycles. The van der Waals surface area contributed by atoms with E-state index in [0.29, 0.717) is 5.92 Å². The fourth-order valence-electron chi connectivity index (χ4n) is 3.64. The van der Waals surface area contributed by atoms with E-state index in [9.17, 15) is 0 Å². The first-order valence-corrected chi connectivity index (χ1v) is 8.62. The van der Waals surface area contributed by atoms with Crippen molar-refractivity contribution >= 4 is 5.95 Å². The Bertz CT molecular complexity index is 660. The van der Waals surface area contributed by atoms with Crippen molar-refractivity contribution < 1.29 is 4.74 Å². The minimum absolute atomic E-state index is 0.285. The van der Waals surface area contributed by atoms with Gasteiger partial charge >= 0.3 is 0 Å². The molecule has 2 atom stereocenters. The lowest BCUT2D eigenvalue weighted by molar-refractivity contribution is -0.0246. The lowest BCUT2D eigenvalue weighted by Crippen LogP contribution is -2.46. The van der Waals surface area contributed by atoms with Crippen LogP contribution >= 0.6 is 0 Å². The van der Waals surface area contributed by atoms with Gasteiger partial charge in [-0.25, -0.2) is 15.0 Å². The SMILES string of the molecule is Cn1ccnc1CN1CC[C@@H]2CN(c3ncccn3)CCO[C@H]2C1. The molecule has 2 saturated heterocycles. The normalized spacial score (nSPS) is 25.3. The maximum atomic E-state index is 6.17. The van der Waals surface area contributed by atoms with Crippen molar-refractivity contribution in [1.82, 2.24) is 24.4 Å². The molecule has 4 heterocycles. The van der Waals surface area contributed by atoms with E-state index in [0.717, 1.165) is 57.5 Å². The van der Waals surface area contributed by atoms with Crippen LogP contribution in [0.4, 0.5) is 5.95 Å². The molecule has 0 spiro atoms. The van der Waals surface area contributed by atoms with Gasteiger partial charge in [0.05, 0.1) is 19.3 Å². The van der Waals surface area contributed by atoms with Crippen LogP contribution in [0, 0.1) is 5.92 Å². The summed E-state index contributed by atoms with van der Waals surface area (Å²) in [4.78, 5) is 17.9. The summed E-state index contributed by atoms with van der Waals surface area (Å²) in [6.07, 6.45) is 8.90. The maximum Gasteiger partial charge on any atom is 0.225 e. The fourth-order valence-corrected chi connectivity index (χ4v) is 3.64. The second-order valence-electron chi connectivity index (χ2n) is 6.64. The Kier molecular flexibility index (Phi) is 4.44. The summed E-state index contributed by atoms with van der Waals surface area (Å²) in [5, 5.41) is 0. The van der Waals surface area contributed by atoms with Gasteiger partial charge in [-0.2, -0.15) is 0 Å². The summed E-state index contributed by atoms with van der Waals surface area (Å²) in [6, 6.07) is 1.86. The van der Waals surface area contributed by atoms with E-state index in [1.807, 2.05) is 18.5 Å². The van der Waals surface area contributed by atoms with Crippen LogP contribution in [-0.4, -0.2) is 63.3 Å². The number of likely N-dealkylation sites (tertiary alicyclic amines) is 1. The Hall–Kier alpha value is -1.99. The second kappa shape index (κ2) is 6.86. The summed E-state index contributed by atoms with van der Waals surface area (Å²) in [5.74, 6) is 2.47. The molecule has 24 heavy (non-hydrogen) atoms. The molecule has 0 N–H and O–H groups in total. The molecule has 0 aliphatic carbocycles. The van der Waals surface area contributed by atoms with E-state index in [1.165, 1.54) is 0 Å². The Labute approximate surface area is 142 Å².